The molecule has 1 N–H and O–H groups in total. The Kier molecular flexibility index (Phi) is 2.63. The van der Waals surface area contributed by atoms with Crippen molar-refractivity contribution in [3.8, 4) is 0 Å². The molecule has 0 aliphatic rings. The molecule has 1 rings (SSSR count). The van der Waals surface area contributed by atoms with Gasteiger partial charge < -0.3 is 9.88 Å². The van der Waals surface area contributed by atoms with E-state index in [2.05, 4.69) is 16.9 Å². The van der Waals surface area contributed by atoms with E-state index in [-0.39, 0.29) is 5.69 Å². The van der Waals surface area contributed by atoms with Crippen molar-refractivity contribution in [2.45, 2.75) is 0 Å². The van der Waals surface area contributed by atoms with Crippen molar-refractivity contribution in [2.75, 3.05) is 11.9 Å². The second kappa shape index (κ2) is 3.71. The maximum atomic E-state index is 11.0. The highest BCUT2D eigenvalue weighted by Crippen LogP contribution is 1.94. The minimum absolute atomic E-state index is 0.260. The first-order chi connectivity index (χ1) is 5.74. The summed E-state index contributed by atoms with van der Waals surface area (Å²) in [5, 5.41) is 2.92. The second-order valence-electron chi connectivity index (χ2n) is 2.38. The Bertz CT molecular complexity index is 329. The Morgan fingerprint density at radius 1 is 1.83 bits per heavy atom. The van der Waals surface area contributed by atoms with Crippen LogP contribution in [-0.4, -0.2) is 16.1 Å². The molecule has 0 unspecified atom stereocenters. The lowest BCUT2D eigenvalue weighted by atomic mass is 10.5. The number of nitrogens with zero attached hydrogens (tertiary/aromatic N) is 2. The highest BCUT2D eigenvalue weighted by atomic mass is 16.1. The van der Waals surface area contributed by atoms with Crippen molar-refractivity contribution in [3.05, 3.63) is 35.4 Å². The maximum absolute atomic E-state index is 11.0. The van der Waals surface area contributed by atoms with Gasteiger partial charge in [0.05, 0.1) is 0 Å². The monoisotopic (exact) mass is 165 g/mol. The van der Waals surface area contributed by atoms with E-state index in [1.54, 1.807) is 25.4 Å². The standard InChI is InChI=1S/C8H11N3O/c1-3-5-9-7-4-6-11(2)8(12)10-7/h3-4,6H,1,5H2,2H3,(H,9,10,12). The van der Waals surface area contributed by atoms with Crippen molar-refractivity contribution in [2.24, 2.45) is 7.05 Å². The van der Waals surface area contributed by atoms with E-state index >= 15 is 0 Å². The largest absolute Gasteiger partial charge is 0.366 e. The van der Waals surface area contributed by atoms with Gasteiger partial charge in [0.2, 0.25) is 0 Å². The SMILES string of the molecule is C=CCNc1ccn(C)c(=O)n1. The minimum atomic E-state index is -0.260. The Morgan fingerprint density at radius 2 is 2.58 bits per heavy atom. The molecule has 0 fully saturated rings. The zero-order valence-electron chi connectivity index (χ0n) is 6.95. The van der Waals surface area contributed by atoms with Crippen molar-refractivity contribution < 1.29 is 0 Å². The maximum Gasteiger partial charge on any atom is 0.349 e. The van der Waals surface area contributed by atoms with E-state index in [9.17, 15) is 4.79 Å². The molecule has 1 heterocycles. The minimum Gasteiger partial charge on any atom is -0.366 e. The lowest BCUT2D eigenvalue weighted by Gasteiger charge is -2.01. The van der Waals surface area contributed by atoms with Crippen LogP contribution in [0.15, 0.2) is 29.7 Å². The van der Waals surface area contributed by atoms with Crippen LogP contribution in [0.5, 0.6) is 0 Å². The van der Waals surface area contributed by atoms with Gasteiger partial charge >= 0.3 is 5.69 Å². The molecule has 4 heteroatoms. The molecule has 0 radical (unpaired) electrons. The molecule has 1 aromatic heterocycles. The number of nitrogens with one attached hydrogen (secondary N) is 1. The lowest BCUT2D eigenvalue weighted by molar-refractivity contribution is 0.811. The fourth-order valence-electron chi connectivity index (χ4n) is 0.741. The fourth-order valence-corrected chi connectivity index (χ4v) is 0.741. The predicted molar refractivity (Wildman–Crippen MR) is 48.2 cm³/mol. The third kappa shape index (κ3) is 1.95. The Balaban J connectivity index is 2.82. The van der Waals surface area contributed by atoms with Gasteiger partial charge in [-0.25, -0.2) is 4.79 Å². The third-order valence-corrected chi connectivity index (χ3v) is 1.40. The van der Waals surface area contributed by atoms with Crippen LogP contribution < -0.4 is 11.0 Å². The average Bonchev–Trinajstić information content (AvgIpc) is 2.07. The Hall–Kier alpha value is -1.58. The van der Waals surface area contributed by atoms with Gasteiger partial charge in [-0.05, 0) is 6.07 Å². The quantitative estimate of drug-likeness (QED) is 0.658. The zero-order chi connectivity index (χ0) is 8.97. The van der Waals surface area contributed by atoms with Crippen LogP contribution >= 0.6 is 0 Å². The number of anilines is 1. The van der Waals surface area contributed by atoms with Crippen molar-refractivity contribution in [1.29, 1.82) is 0 Å². The smallest absolute Gasteiger partial charge is 0.349 e. The molecule has 12 heavy (non-hydrogen) atoms. The summed E-state index contributed by atoms with van der Waals surface area (Å²) in [4.78, 5) is 14.7. The first-order valence-electron chi connectivity index (χ1n) is 3.62. The van der Waals surface area contributed by atoms with Crippen molar-refractivity contribution in [3.63, 3.8) is 0 Å². The summed E-state index contributed by atoms with van der Waals surface area (Å²) in [6, 6.07) is 1.74. The molecule has 0 bridgehead atoms. The van der Waals surface area contributed by atoms with Gasteiger partial charge in [-0.15, -0.1) is 6.58 Å². The zero-order valence-corrected chi connectivity index (χ0v) is 6.95. The molecule has 64 valence electrons. The van der Waals surface area contributed by atoms with Gasteiger partial charge in [-0.3, -0.25) is 0 Å². The molecular weight excluding hydrogens is 154 g/mol. The van der Waals surface area contributed by atoms with Crippen LogP contribution in [0.2, 0.25) is 0 Å². The van der Waals surface area contributed by atoms with Crippen LogP contribution in [0.3, 0.4) is 0 Å². The van der Waals surface area contributed by atoms with Crippen LogP contribution in [0.4, 0.5) is 5.82 Å². The lowest BCUT2D eigenvalue weighted by Crippen LogP contribution is -2.20. The number of aromatic nitrogens is 2. The normalized spacial score (nSPS) is 9.42. The highest BCUT2D eigenvalue weighted by Gasteiger charge is 1.93. The summed E-state index contributed by atoms with van der Waals surface area (Å²) in [6.07, 6.45) is 3.37. The Morgan fingerprint density at radius 3 is 3.17 bits per heavy atom. The molecule has 0 amide bonds. The third-order valence-electron chi connectivity index (χ3n) is 1.40. The first kappa shape index (κ1) is 8.52. The van der Waals surface area contributed by atoms with Crippen molar-refractivity contribution in [1.82, 2.24) is 9.55 Å². The molecule has 0 aliphatic carbocycles. The summed E-state index contributed by atoms with van der Waals surface area (Å²) < 4.78 is 1.42. The predicted octanol–water partition coefficient (Wildman–Crippen LogP) is 0.378. The summed E-state index contributed by atoms with van der Waals surface area (Å²) >= 11 is 0. The molecule has 4 nitrogen and oxygen atoms in total. The van der Waals surface area contributed by atoms with Crippen LogP contribution in [0.1, 0.15) is 0 Å². The summed E-state index contributed by atoms with van der Waals surface area (Å²) in [7, 11) is 1.66. The van der Waals surface area contributed by atoms with E-state index in [4.69, 9.17) is 0 Å². The molecule has 0 aromatic carbocycles. The van der Waals surface area contributed by atoms with E-state index < -0.39 is 0 Å². The van der Waals surface area contributed by atoms with Gasteiger partial charge in [0, 0.05) is 19.8 Å². The molecule has 0 saturated carbocycles. The molecular formula is C8H11N3O. The molecule has 1 aromatic rings. The van der Waals surface area contributed by atoms with Gasteiger partial charge in [0.15, 0.2) is 0 Å². The van der Waals surface area contributed by atoms with E-state index in [0.717, 1.165) is 0 Å². The van der Waals surface area contributed by atoms with Crippen LogP contribution in [0.25, 0.3) is 0 Å². The molecule has 0 aliphatic heterocycles. The molecule has 0 atom stereocenters. The summed E-state index contributed by atoms with van der Waals surface area (Å²) in [5.41, 5.74) is -0.260. The van der Waals surface area contributed by atoms with E-state index in [1.807, 2.05) is 0 Å². The van der Waals surface area contributed by atoms with Crippen LogP contribution in [-0.2, 0) is 7.05 Å². The topological polar surface area (TPSA) is 46.9 Å². The first-order valence-corrected chi connectivity index (χ1v) is 3.62. The number of hydrogen-bond acceptors (Lipinski definition) is 3. The van der Waals surface area contributed by atoms with Gasteiger partial charge in [-0.1, -0.05) is 6.08 Å². The highest BCUT2D eigenvalue weighted by molar-refractivity contribution is 5.32. The Labute approximate surface area is 70.6 Å². The average molecular weight is 165 g/mol. The van der Waals surface area contributed by atoms with Crippen LogP contribution in [0, 0.1) is 0 Å². The second-order valence-corrected chi connectivity index (χ2v) is 2.38. The van der Waals surface area contributed by atoms with E-state index in [0.29, 0.717) is 12.4 Å². The van der Waals surface area contributed by atoms with Gasteiger partial charge in [-0.2, -0.15) is 4.98 Å². The van der Waals surface area contributed by atoms with Crippen molar-refractivity contribution >= 4 is 5.82 Å². The van der Waals surface area contributed by atoms with E-state index in [1.165, 1.54) is 4.57 Å². The number of hydrogen-bond donors (Lipinski definition) is 1. The molecule has 0 saturated heterocycles. The summed E-state index contributed by atoms with van der Waals surface area (Å²) in [5.74, 6) is 0.581. The number of aryl methyl sites for hydroxylation is 1. The fraction of sp³-hybridized carbons (Fsp3) is 0.250. The van der Waals surface area contributed by atoms with Gasteiger partial charge in [0.25, 0.3) is 0 Å². The molecule has 0 spiro atoms. The van der Waals surface area contributed by atoms with Gasteiger partial charge in [0.1, 0.15) is 5.82 Å². The summed E-state index contributed by atoms with van der Waals surface area (Å²) in [6.45, 7) is 4.15. The number of rotatable bonds is 3.